The molecule has 0 bridgehead atoms. The third-order valence-corrected chi connectivity index (χ3v) is 4.44. The maximum absolute atomic E-state index is 12.5. The Morgan fingerprint density at radius 2 is 2.00 bits per heavy atom. The molecule has 1 N–H and O–H groups in total. The summed E-state index contributed by atoms with van der Waals surface area (Å²) >= 11 is 0. The van der Waals surface area contributed by atoms with Gasteiger partial charge in [-0.15, -0.1) is 0 Å². The Labute approximate surface area is 149 Å². The summed E-state index contributed by atoms with van der Waals surface area (Å²) in [6.45, 7) is 2.37. The molecule has 0 fully saturated rings. The van der Waals surface area contributed by atoms with Gasteiger partial charge in [0, 0.05) is 6.54 Å². The monoisotopic (exact) mass is 354 g/mol. The smallest absolute Gasteiger partial charge is 0.420 e. The van der Waals surface area contributed by atoms with Crippen LogP contribution in [0.5, 0.6) is 11.5 Å². The van der Waals surface area contributed by atoms with Crippen LogP contribution in [0.2, 0.25) is 0 Å². The number of carbonyl (C=O) groups excluding carboxylic acids is 1. The normalized spacial score (nSPS) is 13.7. The van der Waals surface area contributed by atoms with Gasteiger partial charge in [0.05, 0.1) is 5.52 Å². The maximum Gasteiger partial charge on any atom is 0.420 e. The van der Waals surface area contributed by atoms with Gasteiger partial charge in [0.25, 0.3) is 0 Å². The number of aromatic nitrogens is 1. The standard InChI is InChI=1S/C19H18N2O5/c1-12(21-14-4-2-3-5-15(14)26-19(21)23)18(22)20-9-8-13-6-7-16-17(10-13)25-11-24-16/h2-7,10,12H,8-9,11H2,1H3,(H,20,22). The number of para-hydroxylation sites is 2. The van der Waals surface area contributed by atoms with Crippen LogP contribution in [0.1, 0.15) is 18.5 Å². The summed E-state index contributed by atoms with van der Waals surface area (Å²) in [6, 6.07) is 12.1. The number of ether oxygens (including phenoxy) is 2. The largest absolute Gasteiger partial charge is 0.454 e. The molecule has 0 radical (unpaired) electrons. The highest BCUT2D eigenvalue weighted by Gasteiger charge is 2.21. The molecule has 0 spiro atoms. The highest BCUT2D eigenvalue weighted by molar-refractivity contribution is 5.82. The van der Waals surface area contributed by atoms with Gasteiger partial charge in [-0.3, -0.25) is 9.36 Å². The minimum absolute atomic E-state index is 0.237. The molecule has 1 aromatic heterocycles. The van der Waals surface area contributed by atoms with Gasteiger partial charge in [0.2, 0.25) is 12.7 Å². The summed E-state index contributed by atoms with van der Waals surface area (Å²) in [5.41, 5.74) is 2.11. The van der Waals surface area contributed by atoms with Gasteiger partial charge in [-0.25, -0.2) is 4.79 Å². The Morgan fingerprint density at radius 1 is 1.19 bits per heavy atom. The average Bonchev–Trinajstić information content (AvgIpc) is 3.23. The topological polar surface area (TPSA) is 82.7 Å². The third kappa shape index (κ3) is 2.92. The fraction of sp³-hybridized carbons (Fsp3) is 0.263. The molecule has 3 aromatic rings. The van der Waals surface area contributed by atoms with E-state index >= 15 is 0 Å². The van der Waals surface area contributed by atoms with Gasteiger partial charge >= 0.3 is 5.76 Å². The number of carbonyl (C=O) groups is 1. The van der Waals surface area contributed by atoms with Crippen molar-refractivity contribution in [3.05, 3.63) is 58.6 Å². The van der Waals surface area contributed by atoms with E-state index in [1.54, 1.807) is 31.2 Å². The summed E-state index contributed by atoms with van der Waals surface area (Å²) in [5, 5.41) is 2.87. The summed E-state index contributed by atoms with van der Waals surface area (Å²) in [6.07, 6.45) is 0.649. The van der Waals surface area contributed by atoms with Crippen molar-refractivity contribution in [3.63, 3.8) is 0 Å². The summed E-state index contributed by atoms with van der Waals surface area (Å²) in [7, 11) is 0. The van der Waals surface area contributed by atoms with Crippen molar-refractivity contribution in [2.24, 2.45) is 0 Å². The SMILES string of the molecule is CC(C(=O)NCCc1ccc2c(c1)OCO2)n1c(=O)oc2ccccc21. The molecule has 134 valence electrons. The minimum atomic E-state index is -0.664. The molecule has 1 amide bonds. The molecule has 7 heteroatoms. The Bertz CT molecular complexity index is 1020. The van der Waals surface area contributed by atoms with Crippen molar-refractivity contribution in [3.8, 4) is 11.5 Å². The van der Waals surface area contributed by atoms with E-state index in [9.17, 15) is 9.59 Å². The van der Waals surface area contributed by atoms with E-state index in [0.717, 1.165) is 17.1 Å². The molecule has 7 nitrogen and oxygen atoms in total. The Balaban J connectivity index is 1.41. The summed E-state index contributed by atoms with van der Waals surface area (Å²) in [5.74, 6) is 0.681. The lowest BCUT2D eigenvalue weighted by Gasteiger charge is -2.13. The first kappa shape index (κ1) is 16.3. The highest BCUT2D eigenvalue weighted by Crippen LogP contribution is 2.32. The molecule has 0 saturated heterocycles. The van der Waals surface area contributed by atoms with Gasteiger partial charge in [0.1, 0.15) is 6.04 Å². The number of hydrogen-bond acceptors (Lipinski definition) is 5. The number of nitrogens with one attached hydrogen (secondary N) is 1. The van der Waals surface area contributed by atoms with Gasteiger partial charge in [-0.05, 0) is 43.2 Å². The second-order valence-electron chi connectivity index (χ2n) is 6.11. The van der Waals surface area contributed by atoms with E-state index in [0.29, 0.717) is 24.1 Å². The Morgan fingerprint density at radius 3 is 2.88 bits per heavy atom. The zero-order valence-corrected chi connectivity index (χ0v) is 14.2. The minimum Gasteiger partial charge on any atom is -0.454 e. The van der Waals surface area contributed by atoms with E-state index in [4.69, 9.17) is 13.9 Å². The molecule has 1 unspecified atom stereocenters. The van der Waals surface area contributed by atoms with E-state index < -0.39 is 11.8 Å². The van der Waals surface area contributed by atoms with Gasteiger partial charge in [0.15, 0.2) is 17.1 Å². The number of rotatable bonds is 5. The molecule has 4 rings (SSSR count). The van der Waals surface area contributed by atoms with E-state index in [-0.39, 0.29) is 12.7 Å². The Hall–Kier alpha value is -3.22. The van der Waals surface area contributed by atoms with Crippen molar-refractivity contribution in [1.82, 2.24) is 9.88 Å². The van der Waals surface area contributed by atoms with Crippen molar-refractivity contribution in [2.75, 3.05) is 13.3 Å². The molecule has 2 heterocycles. The van der Waals surface area contributed by atoms with Crippen molar-refractivity contribution >= 4 is 17.0 Å². The molecular formula is C19H18N2O5. The lowest BCUT2D eigenvalue weighted by Crippen LogP contribution is -2.35. The molecule has 1 aliphatic rings. The van der Waals surface area contributed by atoms with Crippen molar-refractivity contribution < 1.29 is 18.7 Å². The van der Waals surface area contributed by atoms with Gasteiger partial charge in [-0.1, -0.05) is 18.2 Å². The van der Waals surface area contributed by atoms with Crippen LogP contribution in [0.15, 0.2) is 51.7 Å². The van der Waals surface area contributed by atoms with Crippen LogP contribution in [0, 0.1) is 0 Å². The molecule has 1 atom stereocenters. The summed E-state index contributed by atoms with van der Waals surface area (Å²) < 4.78 is 17.2. The maximum atomic E-state index is 12.5. The van der Waals surface area contributed by atoms with Crippen LogP contribution in [0.3, 0.4) is 0 Å². The van der Waals surface area contributed by atoms with Crippen LogP contribution in [0.4, 0.5) is 0 Å². The predicted octanol–water partition coefficient (Wildman–Crippen LogP) is 2.24. The Kier molecular flexibility index (Phi) is 4.12. The first-order valence-corrected chi connectivity index (χ1v) is 8.40. The van der Waals surface area contributed by atoms with Crippen LogP contribution in [-0.4, -0.2) is 23.8 Å². The van der Waals surface area contributed by atoms with Crippen LogP contribution in [-0.2, 0) is 11.2 Å². The van der Waals surface area contributed by atoms with Crippen molar-refractivity contribution in [1.29, 1.82) is 0 Å². The first-order valence-electron chi connectivity index (χ1n) is 8.40. The number of hydrogen-bond donors (Lipinski definition) is 1. The molecule has 2 aromatic carbocycles. The van der Waals surface area contributed by atoms with E-state index in [1.807, 2.05) is 18.2 Å². The molecular weight excluding hydrogens is 336 g/mol. The average molecular weight is 354 g/mol. The summed E-state index contributed by atoms with van der Waals surface area (Å²) in [4.78, 5) is 24.5. The van der Waals surface area contributed by atoms with E-state index in [2.05, 4.69) is 5.32 Å². The highest BCUT2D eigenvalue weighted by atomic mass is 16.7. The molecule has 1 aliphatic heterocycles. The number of fused-ring (bicyclic) bond motifs is 2. The second kappa shape index (κ2) is 6.59. The lowest BCUT2D eigenvalue weighted by molar-refractivity contribution is -0.123. The lowest BCUT2D eigenvalue weighted by atomic mass is 10.1. The molecule has 0 aliphatic carbocycles. The van der Waals surface area contributed by atoms with Crippen molar-refractivity contribution in [2.45, 2.75) is 19.4 Å². The zero-order valence-electron chi connectivity index (χ0n) is 14.2. The number of benzene rings is 2. The van der Waals surface area contributed by atoms with Crippen LogP contribution >= 0.6 is 0 Å². The predicted molar refractivity (Wildman–Crippen MR) is 94.5 cm³/mol. The van der Waals surface area contributed by atoms with Crippen LogP contribution < -0.4 is 20.5 Å². The number of nitrogens with zero attached hydrogens (tertiary/aromatic N) is 1. The molecule has 0 saturated carbocycles. The third-order valence-electron chi connectivity index (χ3n) is 4.44. The number of oxazole rings is 1. The molecule has 26 heavy (non-hydrogen) atoms. The second-order valence-corrected chi connectivity index (χ2v) is 6.11. The van der Waals surface area contributed by atoms with E-state index in [1.165, 1.54) is 4.57 Å². The quantitative estimate of drug-likeness (QED) is 0.760. The number of amides is 1. The van der Waals surface area contributed by atoms with Gasteiger partial charge < -0.3 is 19.2 Å². The zero-order chi connectivity index (χ0) is 18.1. The fourth-order valence-corrected chi connectivity index (χ4v) is 3.04. The van der Waals surface area contributed by atoms with Crippen LogP contribution in [0.25, 0.3) is 11.1 Å². The van der Waals surface area contributed by atoms with Gasteiger partial charge in [-0.2, -0.15) is 0 Å². The fourth-order valence-electron chi connectivity index (χ4n) is 3.04. The first-order chi connectivity index (χ1) is 12.6.